The second-order valence-corrected chi connectivity index (χ2v) is 7.60. The van der Waals surface area contributed by atoms with Crippen LogP contribution >= 0.6 is 12.6 Å². The highest BCUT2D eigenvalue weighted by atomic mass is 32.1. The molecule has 0 bridgehead atoms. The van der Waals surface area contributed by atoms with Crippen LogP contribution in [0.25, 0.3) is 0 Å². The van der Waals surface area contributed by atoms with Gasteiger partial charge in [-0.05, 0) is 18.6 Å². The molecular weight excluding hydrogens is 346 g/mol. The molecule has 1 unspecified atom stereocenters. The molecule has 26 heavy (non-hydrogen) atoms. The van der Waals surface area contributed by atoms with Gasteiger partial charge in [0.15, 0.2) is 0 Å². The first-order chi connectivity index (χ1) is 12.7. The van der Waals surface area contributed by atoms with Crippen LogP contribution in [0.2, 0.25) is 0 Å². The minimum atomic E-state index is -0.563. The summed E-state index contributed by atoms with van der Waals surface area (Å²) in [5, 5.41) is 2.75. The molecule has 0 aromatic heterocycles. The van der Waals surface area contributed by atoms with Gasteiger partial charge in [0.1, 0.15) is 6.04 Å². The summed E-state index contributed by atoms with van der Waals surface area (Å²) in [6.45, 7) is 2.26. The Bertz CT molecular complexity index is 350. The van der Waals surface area contributed by atoms with Crippen LogP contribution < -0.4 is 5.32 Å². The number of unbranched alkanes of at least 4 members (excludes halogenated alkanes) is 12. The van der Waals surface area contributed by atoms with Gasteiger partial charge in [0.2, 0.25) is 5.91 Å². The highest BCUT2D eigenvalue weighted by Crippen LogP contribution is 2.13. The van der Waals surface area contributed by atoms with Crippen molar-refractivity contribution in [2.45, 2.75) is 109 Å². The fourth-order valence-electron chi connectivity index (χ4n) is 3.09. The molecule has 0 saturated carbocycles. The van der Waals surface area contributed by atoms with Crippen molar-refractivity contribution in [3.8, 4) is 0 Å². The van der Waals surface area contributed by atoms with Crippen molar-refractivity contribution in [1.29, 1.82) is 0 Å². The highest BCUT2D eigenvalue weighted by Gasteiger charge is 2.20. The first-order valence-electron chi connectivity index (χ1n) is 10.6. The van der Waals surface area contributed by atoms with E-state index in [1.165, 1.54) is 77.7 Å². The summed E-state index contributed by atoms with van der Waals surface area (Å²) in [5.74, 6) is 0.0849. The lowest BCUT2D eigenvalue weighted by molar-refractivity contribution is -0.145. The van der Waals surface area contributed by atoms with Gasteiger partial charge in [-0.1, -0.05) is 84.0 Å². The monoisotopic (exact) mass is 387 g/mol. The zero-order valence-electron chi connectivity index (χ0n) is 17.1. The normalized spacial score (nSPS) is 12.0. The number of ether oxygens (including phenoxy) is 1. The molecule has 0 aliphatic carbocycles. The molecule has 0 fully saturated rings. The molecule has 0 aromatic rings. The Balaban J connectivity index is 3.46. The summed E-state index contributed by atoms with van der Waals surface area (Å²) in [4.78, 5) is 23.5. The van der Waals surface area contributed by atoms with Gasteiger partial charge in [0, 0.05) is 6.42 Å². The standard InChI is InChI=1S/C21H41NO3S/c1-3-4-5-6-7-8-9-10-11-12-13-14-15-16-20(23)22-19(17-18-26)21(24)25-2/h19,26H,3-18H2,1-2H3,(H,22,23). The van der Waals surface area contributed by atoms with E-state index in [9.17, 15) is 9.59 Å². The van der Waals surface area contributed by atoms with Crippen LogP contribution in [0.15, 0.2) is 0 Å². The van der Waals surface area contributed by atoms with E-state index in [0.717, 1.165) is 12.8 Å². The van der Waals surface area contributed by atoms with Gasteiger partial charge in [-0.2, -0.15) is 12.6 Å². The number of nitrogens with one attached hydrogen (secondary N) is 1. The maximum Gasteiger partial charge on any atom is 0.328 e. The molecule has 1 N–H and O–H groups in total. The van der Waals surface area contributed by atoms with Crippen LogP contribution in [0.5, 0.6) is 0 Å². The second kappa shape index (κ2) is 19.1. The second-order valence-electron chi connectivity index (χ2n) is 7.15. The van der Waals surface area contributed by atoms with Crippen molar-refractivity contribution >= 4 is 24.5 Å². The third kappa shape index (κ3) is 15.5. The topological polar surface area (TPSA) is 55.4 Å². The van der Waals surface area contributed by atoms with Crippen LogP contribution in [0.1, 0.15) is 103 Å². The minimum absolute atomic E-state index is 0.0646. The van der Waals surface area contributed by atoms with E-state index in [-0.39, 0.29) is 5.91 Å². The van der Waals surface area contributed by atoms with E-state index >= 15 is 0 Å². The summed E-state index contributed by atoms with van der Waals surface area (Å²) in [6.07, 6.45) is 17.7. The van der Waals surface area contributed by atoms with Crippen LogP contribution in [0, 0.1) is 0 Å². The number of thiol groups is 1. The molecule has 154 valence electrons. The number of esters is 1. The lowest BCUT2D eigenvalue weighted by atomic mass is 10.0. The largest absolute Gasteiger partial charge is 0.467 e. The van der Waals surface area contributed by atoms with Gasteiger partial charge in [0.05, 0.1) is 7.11 Å². The van der Waals surface area contributed by atoms with Gasteiger partial charge < -0.3 is 10.1 Å². The van der Waals surface area contributed by atoms with Crippen LogP contribution in [-0.2, 0) is 14.3 Å². The number of carbonyl (C=O) groups excluding carboxylic acids is 2. The summed E-state index contributed by atoms with van der Waals surface area (Å²) in [7, 11) is 1.34. The maximum atomic E-state index is 11.9. The molecule has 0 heterocycles. The van der Waals surface area contributed by atoms with E-state index in [4.69, 9.17) is 4.74 Å². The average Bonchev–Trinajstić information content (AvgIpc) is 2.64. The van der Waals surface area contributed by atoms with E-state index in [1.807, 2.05) is 0 Å². The van der Waals surface area contributed by atoms with Crippen LogP contribution in [0.3, 0.4) is 0 Å². The van der Waals surface area contributed by atoms with Crippen molar-refractivity contribution in [2.75, 3.05) is 12.9 Å². The molecule has 0 spiro atoms. The maximum absolute atomic E-state index is 11.9. The number of rotatable bonds is 18. The Labute approximate surface area is 166 Å². The van der Waals surface area contributed by atoms with Crippen molar-refractivity contribution in [2.24, 2.45) is 0 Å². The number of amides is 1. The minimum Gasteiger partial charge on any atom is -0.467 e. The summed E-state index contributed by atoms with van der Waals surface area (Å²) in [6, 6.07) is -0.563. The fraction of sp³-hybridized carbons (Fsp3) is 0.905. The average molecular weight is 388 g/mol. The lowest BCUT2D eigenvalue weighted by Crippen LogP contribution is -2.41. The third-order valence-corrected chi connectivity index (χ3v) is 5.00. The Morgan fingerprint density at radius 2 is 1.31 bits per heavy atom. The summed E-state index contributed by atoms with van der Waals surface area (Å²) >= 11 is 4.11. The summed E-state index contributed by atoms with van der Waals surface area (Å²) < 4.78 is 4.70. The molecule has 0 saturated heterocycles. The molecule has 0 aromatic carbocycles. The van der Waals surface area contributed by atoms with Gasteiger partial charge in [-0.25, -0.2) is 4.79 Å². The van der Waals surface area contributed by atoms with E-state index in [2.05, 4.69) is 24.9 Å². The number of carbonyl (C=O) groups is 2. The first-order valence-corrected chi connectivity index (χ1v) is 11.3. The molecule has 1 amide bonds. The van der Waals surface area contributed by atoms with Crippen LogP contribution in [0.4, 0.5) is 0 Å². The molecule has 4 nitrogen and oxygen atoms in total. The SMILES string of the molecule is CCCCCCCCCCCCCCCC(=O)NC(CCS)C(=O)OC. The van der Waals surface area contributed by atoms with Gasteiger partial charge in [-0.3, -0.25) is 4.79 Å². The van der Waals surface area contributed by atoms with E-state index in [0.29, 0.717) is 18.6 Å². The molecule has 0 aliphatic heterocycles. The number of methoxy groups -OCH3 is 1. The Kier molecular flexibility index (Phi) is 18.5. The van der Waals surface area contributed by atoms with Crippen molar-refractivity contribution < 1.29 is 14.3 Å². The molecule has 5 heteroatoms. The smallest absolute Gasteiger partial charge is 0.328 e. The highest BCUT2D eigenvalue weighted by molar-refractivity contribution is 7.80. The quantitative estimate of drug-likeness (QED) is 0.187. The van der Waals surface area contributed by atoms with Gasteiger partial charge >= 0.3 is 5.97 Å². The van der Waals surface area contributed by atoms with E-state index < -0.39 is 12.0 Å². The molecule has 0 aliphatic rings. The zero-order chi connectivity index (χ0) is 19.5. The lowest BCUT2D eigenvalue weighted by Gasteiger charge is -2.15. The van der Waals surface area contributed by atoms with Crippen molar-refractivity contribution in [1.82, 2.24) is 5.32 Å². The van der Waals surface area contributed by atoms with Crippen molar-refractivity contribution in [3.05, 3.63) is 0 Å². The van der Waals surface area contributed by atoms with E-state index in [1.54, 1.807) is 0 Å². The molecule has 0 rings (SSSR count). The van der Waals surface area contributed by atoms with Crippen molar-refractivity contribution in [3.63, 3.8) is 0 Å². The fourth-order valence-corrected chi connectivity index (χ4v) is 3.35. The first kappa shape index (κ1) is 25.3. The van der Waals surface area contributed by atoms with Crippen LogP contribution in [-0.4, -0.2) is 30.8 Å². The predicted molar refractivity (Wildman–Crippen MR) is 113 cm³/mol. The van der Waals surface area contributed by atoms with Gasteiger partial charge in [0.25, 0.3) is 0 Å². The zero-order valence-corrected chi connectivity index (χ0v) is 18.0. The summed E-state index contributed by atoms with van der Waals surface area (Å²) in [5.41, 5.74) is 0. The third-order valence-electron chi connectivity index (χ3n) is 4.75. The Morgan fingerprint density at radius 1 is 0.846 bits per heavy atom. The predicted octanol–water partition coefficient (Wildman–Crippen LogP) is 5.45. The number of hydrogen-bond donors (Lipinski definition) is 2. The number of hydrogen-bond acceptors (Lipinski definition) is 4. The molecular formula is C21H41NO3S. The molecule has 0 radical (unpaired) electrons. The Morgan fingerprint density at radius 3 is 1.73 bits per heavy atom. The van der Waals surface area contributed by atoms with Gasteiger partial charge in [-0.15, -0.1) is 0 Å². The molecule has 1 atom stereocenters. The Hall–Kier alpha value is -0.710.